The highest BCUT2D eigenvalue weighted by Crippen LogP contribution is 2.34. The van der Waals surface area contributed by atoms with Gasteiger partial charge in [0.05, 0.1) is 16.3 Å². The summed E-state index contributed by atoms with van der Waals surface area (Å²) in [5.41, 5.74) is 3.18. The Kier molecular flexibility index (Phi) is 6.14. The second kappa shape index (κ2) is 8.59. The van der Waals surface area contributed by atoms with Crippen LogP contribution in [-0.2, 0) is 11.4 Å². The van der Waals surface area contributed by atoms with Crippen molar-refractivity contribution in [3.8, 4) is 5.75 Å². The number of thiazole rings is 1. The number of nitro groups is 1. The molecule has 9 heteroatoms. The molecule has 0 saturated carbocycles. The molecule has 0 fully saturated rings. The van der Waals surface area contributed by atoms with Crippen molar-refractivity contribution in [2.24, 2.45) is 0 Å². The molecule has 29 heavy (non-hydrogen) atoms. The van der Waals surface area contributed by atoms with Crippen LogP contribution in [-0.4, -0.2) is 15.8 Å². The minimum Gasteiger partial charge on any atom is -0.480 e. The summed E-state index contributed by atoms with van der Waals surface area (Å²) < 4.78 is 5.58. The van der Waals surface area contributed by atoms with Crippen LogP contribution in [0.2, 0.25) is 5.02 Å². The summed E-state index contributed by atoms with van der Waals surface area (Å²) in [6, 6.07) is 9.96. The average molecular weight is 432 g/mol. The van der Waals surface area contributed by atoms with Gasteiger partial charge in [0.25, 0.3) is 0 Å². The van der Waals surface area contributed by atoms with E-state index >= 15 is 0 Å². The van der Waals surface area contributed by atoms with Crippen LogP contribution in [0, 0.1) is 24.0 Å². The number of hydrogen-bond donors (Lipinski definition) is 0. The first-order valence-corrected chi connectivity index (χ1v) is 9.91. The number of rotatable bonds is 6. The number of amides is 1. The lowest BCUT2D eigenvalue weighted by molar-refractivity contribution is -0.385. The van der Waals surface area contributed by atoms with Gasteiger partial charge in [-0.1, -0.05) is 23.7 Å². The van der Waals surface area contributed by atoms with Gasteiger partial charge in [0.1, 0.15) is 6.61 Å². The van der Waals surface area contributed by atoms with Crippen molar-refractivity contribution in [1.29, 1.82) is 0 Å². The van der Waals surface area contributed by atoms with Crippen molar-refractivity contribution in [3.63, 3.8) is 0 Å². The molecular weight excluding hydrogens is 414 g/mol. The topological polar surface area (TPSA) is 85.6 Å². The lowest BCUT2D eigenvalue weighted by Crippen LogP contribution is -2.23. The van der Waals surface area contributed by atoms with Gasteiger partial charge in [-0.25, -0.2) is 4.98 Å². The lowest BCUT2D eigenvalue weighted by Gasteiger charge is -2.21. The molecule has 1 amide bonds. The minimum atomic E-state index is -0.550. The maximum atomic E-state index is 12.3. The molecule has 3 aromatic rings. The van der Waals surface area contributed by atoms with E-state index in [4.69, 9.17) is 16.3 Å². The molecule has 0 aliphatic carbocycles. The number of halogens is 1. The monoisotopic (exact) mass is 431 g/mol. The van der Waals surface area contributed by atoms with E-state index in [9.17, 15) is 14.9 Å². The predicted octanol–water partition coefficient (Wildman–Crippen LogP) is 5.59. The molecule has 0 unspecified atom stereocenters. The molecule has 0 spiro atoms. The fraction of sp³-hybridized carbons (Fsp3) is 0.200. The molecule has 1 aromatic heterocycles. The molecule has 1 heterocycles. The van der Waals surface area contributed by atoms with Crippen LogP contribution in [0.3, 0.4) is 0 Å². The highest BCUT2D eigenvalue weighted by molar-refractivity contribution is 7.14. The molecule has 0 aliphatic rings. The van der Waals surface area contributed by atoms with E-state index in [2.05, 4.69) is 4.98 Å². The summed E-state index contributed by atoms with van der Waals surface area (Å²) in [6.45, 7) is 5.45. The van der Waals surface area contributed by atoms with Crippen LogP contribution in [0.1, 0.15) is 23.7 Å². The van der Waals surface area contributed by atoms with Gasteiger partial charge in [-0.3, -0.25) is 19.8 Å². The van der Waals surface area contributed by atoms with Crippen molar-refractivity contribution in [2.75, 3.05) is 4.90 Å². The first-order chi connectivity index (χ1) is 13.8. The van der Waals surface area contributed by atoms with Gasteiger partial charge in [-0.05, 0) is 43.2 Å². The molecule has 0 N–H and O–H groups in total. The van der Waals surface area contributed by atoms with Crippen LogP contribution < -0.4 is 9.64 Å². The normalized spacial score (nSPS) is 10.6. The number of carbonyl (C=O) groups is 1. The largest absolute Gasteiger partial charge is 0.480 e. The van der Waals surface area contributed by atoms with Gasteiger partial charge in [0, 0.05) is 23.4 Å². The van der Waals surface area contributed by atoms with E-state index in [0.717, 1.165) is 16.8 Å². The Bertz CT molecular complexity index is 1080. The minimum absolute atomic E-state index is 0.0253. The Balaban J connectivity index is 1.84. The third kappa shape index (κ3) is 4.55. The molecule has 150 valence electrons. The second-order valence-electron chi connectivity index (χ2n) is 6.35. The molecule has 0 saturated heterocycles. The second-order valence-corrected chi connectivity index (χ2v) is 7.63. The average Bonchev–Trinajstić information content (AvgIpc) is 3.12. The lowest BCUT2D eigenvalue weighted by atomic mass is 10.1. The summed E-state index contributed by atoms with van der Waals surface area (Å²) in [5, 5.41) is 13.7. The van der Waals surface area contributed by atoms with E-state index in [1.807, 2.05) is 32.0 Å². The number of anilines is 2. The Morgan fingerprint density at radius 3 is 2.76 bits per heavy atom. The zero-order valence-electron chi connectivity index (χ0n) is 16.0. The first kappa shape index (κ1) is 20.8. The summed E-state index contributed by atoms with van der Waals surface area (Å²) in [6.07, 6.45) is 0. The number of hydrogen-bond acceptors (Lipinski definition) is 6. The van der Waals surface area contributed by atoms with Crippen molar-refractivity contribution in [1.82, 2.24) is 4.98 Å². The zero-order valence-corrected chi connectivity index (χ0v) is 17.6. The Labute approximate surface area is 176 Å². The number of ether oxygens (including phenoxy) is 1. The maximum Gasteiger partial charge on any atom is 0.312 e. The van der Waals surface area contributed by atoms with Crippen LogP contribution in [0.4, 0.5) is 16.5 Å². The van der Waals surface area contributed by atoms with Crippen LogP contribution >= 0.6 is 22.9 Å². The third-order valence-corrected chi connectivity index (χ3v) is 5.47. The standard InChI is InChI=1S/C20H18ClN3O4S/c1-12-5-4-6-17(13(12)2)23(14(3)25)20-22-16(11-29-20)10-28-19-8-7-15(21)9-18(19)24(26)27/h4-9,11H,10H2,1-3H3. The van der Waals surface area contributed by atoms with E-state index < -0.39 is 4.92 Å². The fourth-order valence-electron chi connectivity index (χ4n) is 2.76. The van der Waals surface area contributed by atoms with Crippen molar-refractivity contribution in [3.05, 3.63) is 73.7 Å². The molecule has 0 radical (unpaired) electrons. The van der Waals surface area contributed by atoms with Gasteiger partial charge >= 0.3 is 5.69 Å². The van der Waals surface area contributed by atoms with Gasteiger partial charge in [-0.15, -0.1) is 11.3 Å². The van der Waals surface area contributed by atoms with Crippen molar-refractivity contribution >= 4 is 45.4 Å². The van der Waals surface area contributed by atoms with Crippen LogP contribution in [0.5, 0.6) is 5.75 Å². The predicted molar refractivity (Wildman–Crippen MR) is 113 cm³/mol. The number of nitro benzene ring substituents is 1. The summed E-state index contributed by atoms with van der Waals surface area (Å²) in [5.74, 6) is -0.0549. The van der Waals surface area contributed by atoms with E-state index in [1.54, 1.807) is 10.3 Å². The van der Waals surface area contributed by atoms with Crippen LogP contribution in [0.15, 0.2) is 41.8 Å². The molecule has 7 nitrogen and oxygen atoms in total. The molecule has 2 aromatic carbocycles. The number of aryl methyl sites for hydroxylation is 1. The van der Waals surface area contributed by atoms with E-state index in [1.165, 1.54) is 36.5 Å². The van der Waals surface area contributed by atoms with Crippen molar-refractivity contribution < 1.29 is 14.5 Å². The number of carbonyl (C=O) groups excluding carboxylic acids is 1. The van der Waals surface area contributed by atoms with E-state index in [-0.39, 0.29) is 29.0 Å². The molecule has 0 atom stereocenters. The van der Waals surface area contributed by atoms with E-state index in [0.29, 0.717) is 10.8 Å². The van der Waals surface area contributed by atoms with Crippen molar-refractivity contribution in [2.45, 2.75) is 27.4 Å². The zero-order chi connectivity index (χ0) is 21.1. The van der Waals surface area contributed by atoms with Gasteiger partial charge in [0.15, 0.2) is 10.9 Å². The smallest absolute Gasteiger partial charge is 0.312 e. The summed E-state index contributed by atoms with van der Waals surface area (Å²) in [7, 11) is 0. The SMILES string of the molecule is CC(=O)N(c1nc(COc2ccc(Cl)cc2[N+](=O)[O-])cs1)c1cccc(C)c1C. The molecular formula is C20H18ClN3O4S. The van der Waals surface area contributed by atoms with Gasteiger partial charge in [0.2, 0.25) is 5.91 Å². The molecule has 0 bridgehead atoms. The van der Waals surface area contributed by atoms with Crippen LogP contribution in [0.25, 0.3) is 0 Å². The molecule has 0 aliphatic heterocycles. The quantitative estimate of drug-likeness (QED) is 0.375. The number of nitrogens with zero attached hydrogens (tertiary/aromatic N) is 3. The summed E-state index contributed by atoms with van der Waals surface area (Å²) >= 11 is 7.12. The number of benzene rings is 2. The van der Waals surface area contributed by atoms with Gasteiger partial charge in [-0.2, -0.15) is 0 Å². The molecule has 3 rings (SSSR count). The highest BCUT2D eigenvalue weighted by Gasteiger charge is 2.21. The Morgan fingerprint density at radius 2 is 2.07 bits per heavy atom. The highest BCUT2D eigenvalue weighted by atomic mass is 35.5. The maximum absolute atomic E-state index is 12.3. The fourth-order valence-corrected chi connectivity index (χ4v) is 3.79. The summed E-state index contributed by atoms with van der Waals surface area (Å²) in [4.78, 5) is 29.0. The number of aromatic nitrogens is 1. The Hall–Kier alpha value is -2.97. The third-order valence-electron chi connectivity index (χ3n) is 4.36. The first-order valence-electron chi connectivity index (χ1n) is 8.66. The Morgan fingerprint density at radius 1 is 1.31 bits per heavy atom. The van der Waals surface area contributed by atoms with Gasteiger partial charge < -0.3 is 4.74 Å².